The summed E-state index contributed by atoms with van der Waals surface area (Å²) in [5.74, 6) is 1.74. The summed E-state index contributed by atoms with van der Waals surface area (Å²) in [6, 6.07) is 1.93. The van der Waals surface area contributed by atoms with Gasteiger partial charge in [0.15, 0.2) is 11.6 Å². The van der Waals surface area contributed by atoms with E-state index in [4.69, 9.17) is 0 Å². The third kappa shape index (κ3) is 1.65. The molecule has 4 heterocycles. The molecule has 0 radical (unpaired) electrons. The van der Waals surface area contributed by atoms with E-state index in [1.807, 2.05) is 25.5 Å². The van der Waals surface area contributed by atoms with Crippen molar-refractivity contribution in [1.29, 1.82) is 0 Å². The number of nitrogens with one attached hydrogen (secondary N) is 2. The van der Waals surface area contributed by atoms with E-state index in [0.717, 1.165) is 36.0 Å². The highest BCUT2D eigenvalue weighted by Gasteiger charge is 2.27. The van der Waals surface area contributed by atoms with E-state index in [9.17, 15) is 0 Å². The topological polar surface area (TPSA) is 89.2 Å². The fourth-order valence-corrected chi connectivity index (χ4v) is 2.60. The summed E-state index contributed by atoms with van der Waals surface area (Å²) in [6.45, 7) is 1.71. The van der Waals surface area contributed by atoms with Gasteiger partial charge in [-0.3, -0.25) is 9.78 Å². The lowest BCUT2D eigenvalue weighted by molar-refractivity contribution is 0.457. The summed E-state index contributed by atoms with van der Waals surface area (Å²) in [7, 11) is 1.91. The van der Waals surface area contributed by atoms with Crippen LogP contribution < -0.4 is 5.32 Å². The third-order valence-corrected chi connectivity index (χ3v) is 3.52. The Hall–Kier alpha value is -2.48. The number of nitrogens with zero attached hydrogens (tertiary/aromatic N) is 6. The molecule has 1 aliphatic heterocycles. The molecule has 0 spiro atoms. The first kappa shape index (κ1) is 11.4. The van der Waals surface area contributed by atoms with E-state index in [1.165, 1.54) is 0 Å². The Balaban J connectivity index is 1.79. The molecule has 20 heavy (non-hydrogen) atoms. The van der Waals surface area contributed by atoms with Crippen LogP contribution in [0.2, 0.25) is 0 Å². The first-order valence-electron chi connectivity index (χ1n) is 6.48. The lowest BCUT2D eigenvalue weighted by Gasteiger charge is -2.24. The zero-order valence-corrected chi connectivity index (χ0v) is 11.0. The zero-order chi connectivity index (χ0) is 13.5. The van der Waals surface area contributed by atoms with Gasteiger partial charge >= 0.3 is 0 Å². The van der Waals surface area contributed by atoms with Gasteiger partial charge in [0, 0.05) is 38.1 Å². The van der Waals surface area contributed by atoms with Gasteiger partial charge < -0.3 is 9.88 Å². The molecular weight excluding hydrogens is 256 g/mol. The molecule has 0 amide bonds. The standard InChI is InChI=1S/C12H14N8/c1-19-7-8(6-15-19)10-12-18-17-11(9-2-3-14-16-9)20(12)5-4-13-10/h2-3,6-7,10,13H,4-5H2,1H3,(H,14,16). The predicted octanol–water partition coefficient (Wildman–Crippen LogP) is 0.0943. The summed E-state index contributed by atoms with van der Waals surface area (Å²) in [6.07, 6.45) is 5.58. The number of aromatic amines is 1. The van der Waals surface area contributed by atoms with Crippen LogP contribution in [0.15, 0.2) is 24.7 Å². The highest BCUT2D eigenvalue weighted by Crippen LogP contribution is 2.26. The molecule has 0 saturated carbocycles. The van der Waals surface area contributed by atoms with E-state index in [-0.39, 0.29) is 6.04 Å². The molecule has 3 aromatic heterocycles. The highest BCUT2D eigenvalue weighted by atomic mass is 15.3. The number of aryl methyl sites for hydroxylation is 1. The molecule has 0 saturated heterocycles. The third-order valence-electron chi connectivity index (χ3n) is 3.52. The van der Waals surface area contributed by atoms with Crippen LogP contribution >= 0.6 is 0 Å². The fourth-order valence-electron chi connectivity index (χ4n) is 2.60. The zero-order valence-electron chi connectivity index (χ0n) is 11.0. The van der Waals surface area contributed by atoms with Crippen LogP contribution in [0.5, 0.6) is 0 Å². The van der Waals surface area contributed by atoms with Gasteiger partial charge in [-0.2, -0.15) is 10.2 Å². The Bertz CT molecular complexity index is 723. The molecule has 0 fully saturated rings. The van der Waals surface area contributed by atoms with Crippen molar-refractivity contribution in [3.8, 4) is 11.5 Å². The van der Waals surface area contributed by atoms with Crippen molar-refractivity contribution >= 4 is 0 Å². The summed E-state index contributed by atoms with van der Waals surface area (Å²) in [5.41, 5.74) is 1.98. The Kier molecular flexibility index (Phi) is 2.43. The van der Waals surface area contributed by atoms with Crippen LogP contribution in [-0.4, -0.2) is 41.3 Å². The molecule has 0 aromatic carbocycles. The second-order valence-corrected chi connectivity index (χ2v) is 4.84. The van der Waals surface area contributed by atoms with Gasteiger partial charge in [0.05, 0.1) is 12.2 Å². The Labute approximate surface area is 114 Å². The Morgan fingerprint density at radius 3 is 3.05 bits per heavy atom. The van der Waals surface area contributed by atoms with Crippen molar-refractivity contribution in [2.45, 2.75) is 12.6 Å². The normalized spacial score (nSPS) is 18.1. The molecular formula is C12H14N8. The number of rotatable bonds is 2. The van der Waals surface area contributed by atoms with Crippen molar-refractivity contribution < 1.29 is 0 Å². The predicted molar refractivity (Wildman–Crippen MR) is 70.7 cm³/mol. The average Bonchev–Trinajstić information content (AvgIpc) is 3.17. The van der Waals surface area contributed by atoms with Crippen molar-refractivity contribution in [2.24, 2.45) is 7.05 Å². The van der Waals surface area contributed by atoms with Crippen molar-refractivity contribution in [3.05, 3.63) is 36.0 Å². The van der Waals surface area contributed by atoms with Gasteiger partial charge in [0.25, 0.3) is 0 Å². The minimum Gasteiger partial charge on any atom is -0.307 e. The van der Waals surface area contributed by atoms with Gasteiger partial charge in [-0.05, 0) is 6.07 Å². The number of hydrogen-bond donors (Lipinski definition) is 2. The SMILES string of the molecule is Cn1cc(C2NCCn3c(-c4ccn[nH]4)nnc32)cn1. The molecule has 1 aliphatic rings. The fraction of sp³-hybridized carbons (Fsp3) is 0.333. The first-order valence-corrected chi connectivity index (χ1v) is 6.48. The van der Waals surface area contributed by atoms with Crippen molar-refractivity contribution in [2.75, 3.05) is 6.54 Å². The summed E-state index contributed by atoms with van der Waals surface area (Å²) < 4.78 is 3.92. The van der Waals surface area contributed by atoms with Crippen LogP contribution in [-0.2, 0) is 13.6 Å². The molecule has 8 nitrogen and oxygen atoms in total. The molecule has 1 atom stereocenters. The quantitative estimate of drug-likeness (QED) is 0.689. The summed E-state index contributed by atoms with van der Waals surface area (Å²) in [4.78, 5) is 0. The van der Waals surface area contributed by atoms with Crippen LogP contribution in [0.25, 0.3) is 11.5 Å². The molecule has 3 aromatic rings. The number of hydrogen-bond acceptors (Lipinski definition) is 5. The van der Waals surface area contributed by atoms with Crippen molar-refractivity contribution in [1.82, 2.24) is 40.1 Å². The second kappa shape index (κ2) is 4.27. The molecule has 0 aliphatic carbocycles. The van der Waals surface area contributed by atoms with Crippen LogP contribution in [0.4, 0.5) is 0 Å². The van der Waals surface area contributed by atoms with Crippen LogP contribution in [0.3, 0.4) is 0 Å². The van der Waals surface area contributed by atoms with Gasteiger partial charge in [0.2, 0.25) is 0 Å². The van der Waals surface area contributed by atoms with E-state index in [1.54, 1.807) is 10.9 Å². The monoisotopic (exact) mass is 270 g/mol. The molecule has 2 N–H and O–H groups in total. The number of fused-ring (bicyclic) bond motifs is 1. The lowest BCUT2D eigenvalue weighted by atomic mass is 10.1. The summed E-state index contributed by atoms with van der Waals surface area (Å²) >= 11 is 0. The first-order chi connectivity index (χ1) is 9.83. The smallest absolute Gasteiger partial charge is 0.182 e. The molecule has 102 valence electrons. The lowest BCUT2D eigenvalue weighted by Crippen LogP contribution is -2.34. The Morgan fingerprint density at radius 2 is 2.30 bits per heavy atom. The highest BCUT2D eigenvalue weighted by molar-refractivity contribution is 5.49. The molecule has 1 unspecified atom stereocenters. The second-order valence-electron chi connectivity index (χ2n) is 4.84. The largest absolute Gasteiger partial charge is 0.307 e. The Morgan fingerprint density at radius 1 is 1.35 bits per heavy atom. The minimum atomic E-state index is 0.0293. The van der Waals surface area contributed by atoms with Gasteiger partial charge in [-0.1, -0.05) is 0 Å². The molecule has 8 heteroatoms. The minimum absolute atomic E-state index is 0.0293. The maximum absolute atomic E-state index is 4.35. The van der Waals surface area contributed by atoms with E-state index in [2.05, 4.69) is 35.4 Å². The maximum Gasteiger partial charge on any atom is 0.182 e. The van der Waals surface area contributed by atoms with E-state index < -0.39 is 0 Å². The van der Waals surface area contributed by atoms with Crippen LogP contribution in [0.1, 0.15) is 17.4 Å². The van der Waals surface area contributed by atoms with E-state index in [0.29, 0.717) is 0 Å². The summed E-state index contributed by atoms with van der Waals surface area (Å²) in [5, 5.41) is 23.2. The number of H-pyrrole nitrogens is 1. The van der Waals surface area contributed by atoms with Crippen molar-refractivity contribution in [3.63, 3.8) is 0 Å². The average molecular weight is 270 g/mol. The van der Waals surface area contributed by atoms with Gasteiger partial charge in [0.1, 0.15) is 5.69 Å². The maximum atomic E-state index is 4.35. The van der Waals surface area contributed by atoms with E-state index >= 15 is 0 Å². The van der Waals surface area contributed by atoms with Crippen LogP contribution in [0, 0.1) is 0 Å². The molecule has 4 rings (SSSR count). The van der Waals surface area contributed by atoms with Gasteiger partial charge in [-0.15, -0.1) is 10.2 Å². The number of aromatic nitrogens is 7. The molecule has 0 bridgehead atoms. The van der Waals surface area contributed by atoms with Gasteiger partial charge in [-0.25, -0.2) is 0 Å².